The minimum absolute atomic E-state index is 0.0851. The number of amides is 2. The van der Waals surface area contributed by atoms with E-state index in [2.05, 4.69) is 15.4 Å². The fourth-order valence-corrected chi connectivity index (χ4v) is 1.98. The molecule has 0 radical (unpaired) electrons. The number of carbonyl (C=O) groups excluding carboxylic acids is 2. The molecule has 1 aromatic carbocycles. The van der Waals surface area contributed by atoms with Crippen LogP contribution in [-0.4, -0.2) is 25.2 Å². The first-order chi connectivity index (χ1) is 10.6. The van der Waals surface area contributed by atoms with Crippen molar-refractivity contribution in [2.24, 2.45) is 5.92 Å². The minimum atomic E-state index is -4.59. The summed E-state index contributed by atoms with van der Waals surface area (Å²) in [4.78, 5) is 23.5. The van der Waals surface area contributed by atoms with E-state index >= 15 is 0 Å². The Bertz CT molecular complexity index is 559. The van der Waals surface area contributed by atoms with Crippen LogP contribution in [0.25, 0.3) is 0 Å². The van der Waals surface area contributed by atoms with Gasteiger partial charge in [0.25, 0.3) is 0 Å². The molecule has 0 bridgehead atoms. The van der Waals surface area contributed by atoms with Crippen molar-refractivity contribution in [3.63, 3.8) is 0 Å². The molecular formula is C15H19F3N2O3. The van der Waals surface area contributed by atoms with E-state index in [1.807, 2.05) is 13.8 Å². The largest absolute Gasteiger partial charge is 0.467 e. The van der Waals surface area contributed by atoms with Gasteiger partial charge < -0.3 is 15.4 Å². The summed E-state index contributed by atoms with van der Waals surface area (Å²) >= 11 is 0. The number of methoxy groups -OCH3 is 1. The minimum Gasteiger partial charge on any atom is -0.467 e. The maximum absolute atomic E-state index is 12.9. The molecule has 0 aliphatic heterocycles. The van der Waals surface area contributed by atoms with Crippen molar-refractivity contribution in [1.29, 1.82) is 0 Å². The van der Waals surface area contributed by atoms with Gasteiger partial charge in [-0.15, -0.1) is 0 Å². The fourth-order valence-electron chi connectivity index (χ4n) is 1.98. The highest BCUT2D eigenvalue weighted by atomic mass is 19.4. The molecule has 8 heteroatoms. The molecule has 0 fully saturated rings. The lowest BCUT2D eigenvalue weighted by atomic mass is 10.0. The van der Waals surface area contributed by atoms with Gasteiger partial charge in [0.2, 0.25) is 0 Å². The first kappa shape index (κ1) is 18.8. The molecule has 0 aliphatic carbocycles. The fraction of sp³-hybridized carbons (Fsp3) is 0.467. The zero-order valence-corrected chi connectivity index (χ0v) is 13.0. The van der Waals surface area contributed by atoms with Crippen LogP contribution in [0.1, 0.15) is 25.8 Å². The van der Waals surface area contributed by atoms with Crippen molar-refractivity contribution in [3.05, 3.63) is 29.8 Å². The van der Waals surface area contributed by atoms with E-state index < -0.39 is 29.8 Å². The predicted molar refractivity (Wildman–Crippen MR) is 78.9 cm³/mol. The molecule has 0 heterocycles. The van der Waals surface area contributed by atoms with Gasteiger partial charge >= 0.3 is 18.2 Å². The second kappa shape index (κ2) is 7.85. The smallest absolute Gasteiger partial charge is 0.418 e. The van der Waals surface area contributed by atoms with E-state index in [-0.39, 0.29) is 11.6 Å². The van der Waals surface area contributed by atoms with Crippen LogP contribution in [0.4, 0.5) is 23.7 Å². The van der Waals surface area contributed by atoms with Crippen molar-refractivity contribution in [2.45, 2.75) is 32.5 Å². The van der Waals surface area contributed by atoms with Crippen LogP contribution in [0.5, 0.6) is 0 Å². The van der Waals surface area contributed by atoms with Crippen molar-refractivity contribution >= 4 is 17.7 Å². The second-order valence-electron chi connectivity index (χ2n) is 5.35. The van der Waals surface area contributed by atoms with Crippen molar-refractivity contribution < 1.29 is 27.5 Å². The van der Waals surface area contributed by atoms with Gasteiger partial charge in [-0.2, -0.15) is 13.2 Å². The van der Waals surface area contributed by atoms with E-state index in [4.69, 9.17) is 0 Å². The Morgan fingerprint density at radius 2 is 1.83 bits per heavy atom. The zero-order chi connectivity index (χ0) is 17.6. The van der Waals surface area contributed by atoms with Crippen LogP contribution >= 0.6 is 0 Å². The van der Waals surface area contributed by atoms with E-state index in [1.54, 1.807) is 0 Å². The number of ether oxygens (including phenoxy) is 1. The molecule has 0 spiro atoms. The highest BCUT2D eigenvalue weighted by Gasteiger charge is 2.33. The predicted octanol–water partition coefficient (Wildman–Crippen LogP) is 3.41. The normalized spacial score (nSPS) is 12.7. The Kier molecular flexibility index (Phi) is 6.41. The van der Waals surface area contributed by atoms with Gasteiger partial charge in [-0.1, -0.05) is 26.0 Å². The maximum atomic E-state index is 12.9. The molecule has 1 aromatic rings. The molecule has 1 atom stereocenters. The SMILES string of the molecule is COC(=O)[C@H](CC(C)C)NC(=O)Nc1ccccc1C(F)(F)F. The summed E-state index contributed by atoms with van der Waals surface area (Å²) in [5.74, 6) is -0.570. The number of nitrogens with one attached hydrogen (secondary N) is 2. The van der Waals surface area contributed by atoms with Gasteiger partial charge in [0.15, 0.2) is 0 Å². The number of hydrogen-bond acceptors (Lipinski definition) is 3. The number of alkyl halides is 3. The average Bonchev–Trinajstić information content (AvgIpc) is 2.44. The number of anilines is 1. The van der Waals surface area contributed by atoms with Crippen LogP contribution in [0, 0.1) is 5.92 Å². The van der Waals surface area contributed by atoms with E-state index in [9.17, 15) is 22.8 Å². The number of rotatable bonds is 5. The summed E-state index contributed by atoms with van der Waals surface area (Å²) in [7, 11) is 1.17. The summed E-state index contributed by atoms with van der Waals surface area (Å²) < 4.78 is 43.2. The Balaban J connectivity index is 2.85. The van der Waals surface area contributed by atoms with Gasteiger partial charge in [0, 0.05) is 0 Å². The van der Waals surface area contributed by atoms with Crippen LogP contribution in [0.15, 0.2) is 24.3 Å². The van der Waals surface area contributed by atoms with Crippen molar-refractivity contribution in [3.8, 4) is 0 Å². The third-order valence-electron chi connectivity index (χ3n) is 2.98. The Morgan fingerprint density at radius 1 is 1.22 bits per heavy atom. The van der Waals surface area contributed by atoms with Crippen LogP contribution in [0.2, 0.25) is 0 Å². The van der Waals surface area contributed by atoms with Gasteiger partial charge in [-0.3, -0.25) is 0 Å². The number of esters is 1. The Labute approximate surface area is 132 Å². The van der Waals surface area contributed by atoms with Crippen LogP contribution < -0.4 is 10.6 Å². The molecule has 2 N–H and O–H groups in total. The molecule has 0 unspecified atom stereocenters. The molecular weight excluding hydrogens is 313 g/mol. The maximum Gasteiger partial charge on any atom is 0.418 e. The van der Waals surface area contributed by atoms with E-state index in [0.717, 1.165) is 12.1 Å². The standard InChI is InChI=1S/C15H19F3N2O3/c1-9(2)8-12(13(21)23-3)20-14(22)19-11-7-5-4-6-10(11)15(16,17)18/h4-7,9,12H,8H2,1-3H3,(H2,19,20,22)/t12-/m0/s1. The zero-order valence-electron chi connectivity index (χ0n) is 13.0. The molecule has 0 aromatic heterocycles. The lowest BCUT2D eigenvalue weighted by Crippen LogP contribution is -2.44. The summed E-state index contributed by atoms with van der Waals surface area (Å²) in [5.41, 5.74) is -1.35. The summed E-state index contributed by atoms with van der Waals surface area (Å²) in [5, 5.41) is 4.46. The molecule has 2 amide bonds. The van der Waals surface area contributed by atoms with E-state index in [1.165, 1.54) is 19.2 Å². The van der Waals surface area contributed by atoms with Crippen molar-refractivity contribution in [1.82, 2.24) is 5.32 Å². The van der Waals surface area contributed by atoms with Crippen LogP contribution in [-0.2, 0) is 15.7 Å². The molecule has 0 saturated heterocycles. The number of carbonyl (C=O) groups is 2. The second-order valence-corrected chi connectivity index (χ2v) is 5.35. The molecule has 5 nitrogen and oxygen atoms in total. The van der Waals surface area contributed by atoms with Gasteiger partial charge in [0.05, 0.1) is 18.4 Å². The summed E-state index contributed by atoms with van der Waals surface area (Å²) in [6.45, 7) is 3.68. The van der Waals surface area contributed by atoms with Gasteiger partial charge in [0.1, 0.15) is 6.04 Å². The number of benzene rings is 1. The van der Waals surface area contributed by atoms with Gasteiger partial charge in [-0.05, 0) is 24.5 Å². The van der Waals surface area contributed by atoms with Gasteiger partial charge in [-0.25, -0.2) is 9.59 Å². The summed E-state index contributed by atoms with van der Waals surface area (Å²) in [6, 6.07) is 2.76. The van der Waals surface area contributed by atoms with Crippen LogP contribution in [0.3, 0.4) is 0 Å². The molecule has 23 heavy (non-hydrogen) atoms. The first-order valence-electron chi connectivity index (χ1n) is 6.96. The molecule has 128 valence electrons. The third-order valence-corrected chi connectivity index (χ3v) is 2.98. The highest BCUT2D eigenvalue weighted by molar-refractivity contribution is 5.93. The molecule has 1 rings (SSSR count). The highest BCUT2D eigenvalue weighted by Crippen LogP contribution is 2.34. The number of urea groups is 1. The topological polar surface area (TPSA) is 67.4 Å². The monoisotopic (exact) mass is 332 g/mol. The number of para-hydroxylation sites is 1. The molecule has 0 aliphatic rings. The Morgan fingerprint density at radius 3 is 2.35 bits per heavy atom. The van der Waals surface area contributed by atoms with Crippen molar-refractivity contribution in [2.75, 3.05) is 12.4 Å². The first-order valence-corrected chi connectivity index (χ1v) is 6.96. The number of halogens is 3. The summed E-state index contributed by atoms with van der Waals surface area (Å²) in [6.07, 6.45) is -4.29. The quantitative estimate of drug-likeness (QED) is 0.812. The third kappa shape index (κ3) is 5.80. The van der Waals surface area contributed by atoms with E-state index in [0.29, 0.717) is 6.42 Å². The average molecular weight is 332 g/mol. The number of hydrogen-bond donors (Lipinski definition) is 2. The lowest BCUT2D eigenvalue weighted by molar-refractivity contribution is -0.143. The molecule has 0 saturated carbocycles. The lowest BCUT2D eigenvalue weighted by Gasteiger charge is -2.19. The Hall–Kier alpha value is -2.25.